The van der Waals surface area contributed by atoms with Crippen molar-refractivity contribution < 1.29 is 0 Å². The van der Waals surface area contributed by atoms with Gasteiger partial charge in [0, 0.05) is 12.6 Å². The van der Waals surface area contributed by atoms with Crippen LogP contribution >= 0.6 is 0 Å². The Labute approximate surface area is 98.5 Å². The highest BCUT2D eigenvalue weighted by Gasteiger charge is 2.15. The van der Waals surface area contributed by atoms with E-state index >= 15 is 0 Å². The molecule has 0 aliphatic rings. The maximum Gasteiger partial charge on any atom is 0.101 e. The van der Waals surface area contributed by atoms with Crippen LogP contribution in [0.2, 0.25) is 0 Å². The van der Waals surface area contributed by atoms with Gasteiger partial charge in [0.15, 0.2) is 0 Å². The van der Waals surface area contributed by atoms with Crippen LogP contribution in [-0.4, -0.2) is 12.6 Å². The lowest BCUT2D eigenvalue weighted by atomic mass is 10.1. The number of hydrogen-bond donors (Lipinski definition) is 0. The summed E-state index contributed by atoms with van der Waals surface area (Å²) >= 11 is 0. The molecule has 86 valence electrons. The second-order valence-electron chi connectivity index (χ2n) is 4.37. The molecular formula is C14H20N2. The van der Waals surface area contributed by atoms with Gasteiger partial charge in [-0.25, -0.2) is 0 Å². The van der Waals surface area contributed by atoms with Gasteiger partial charge in [-0.2, -0.15) is 5.26 Å². The second-order valence-corrected chi connectivity index (χ2v) is 4.37. The summed E-state index contributed by atoms with van der Waals surface area (Å²) in [6, 6.07) is 8.63. The Morgan fingerprint density at radius 1 is 1.38 bits per heavy atom. The molecule has 1 rings (SSSR count). The van der Waals surface area contributed by atoms with Crippen LogP contribution in [0.5, 0.6) is 0 Å². The van der Waals surface area contributed by atoms with Crippen molar-refractivity contribution in [3.05, 3.63) is 29.3 Å². The maximum atomic E-state index is 9.17. The van der Waals surface area contributed by atoms with Crippen LogP contribution in [0.3, 0.4) is 0 Å². The molecule has 1 aromatic carbocycles. The molecule has 0 bridgehead atoms. The molecule has 0 amide bonds. The topological polar surface area (TPSA) is 27.0 Å². The van der Waals surface area contributed by atoms with Crippen LogP contribution in [0.25, 0.3) is 0 Å². The maximum absolute atomic E-state index is 9.17. The van der Waals surface area contributed by atoms with Gasteiger partial charge in [0.2, 0.25) is 0 Å². The Kier molecular flexibility index (Phi) is 4.37. The van der Waals surface area contributed by atoms with Gasteiger partial charge < -0.3 is 4.90 Å². The average molecular weight is 216 g/mol. The van der Waals surface area contributed by atoms with Crippen molar-refractivity contribution >= 4 is 5.69 Å². The first-order valence-electron chi connectivity index (χ1n) is 5.88. The van der Waals surface area contributed by atoms with E-state index in [1.807, 2.05) is 12.1 Å². The Hall–Kier alpha value is -1.49. The SMILES string of the molecule is CCCN(c1c(C)cccc1C#N)C(C)C. The molecule has 16 heavy (non-hydrogen) atoms. The van der Waals surface area contributed by atoms with Gasteiger partial charge in [-0.1, -0.05) is 19.1 Å². The van der Waals surface area contributed by atoms with E-state index in [0.717, 1.165) is 24.2 Å². The third-order valence-corrected chi connectivity index (χ3v) is 2.73. The summed E-state index contributed by atoms with van der Waals surface area (Å²) < 4.78 is 0. The zero-order valence-electron chi connectivity index (χ0n) is 10.6. The van der Waals surface area contributed by atoms with Crippen molar-refractivity contribution in [1.29, 1.82) is 5.26 Å². The zero-order chi connectivity index (χ0) is 12.1. The number of benzene rings is 1. The van der Waals surface area contributed by atoms with E-state index in [2.05, 4.69) is 44.7 Å². The molecule has 0 N–H and O–H groups in total. The van der Waals surface area contributed by atoms with Crippen molar-refractivity contribution in [2.75, 3.05) is 11.4 Å². The fourth-order valence-electron chi connectivity index (χ4n) is 2.00. The fourth-order valence-corrected chi connectivity index (χ4v) is 2.00. The third kappa shape index (κ3) is 2.55. The van der Waals surface area contributed by atoms with Gasteiger partial charge in [0.05, 0.1) is 11.3 Å². The van der Waals surface area contributed by atoms with Crippen LogP contribution < -0.4 is 4.90 Å². The summed E-state index contributed by atoms with van der Waals surface area (Å²) in [5.74, 6) is 0. The molecule has 2 nitrogen and oxygen atoms in total. The summed E-state index contributed by atoms with van der Waals surface area (Å²) in [5, 5.41) is 9.17. The fraction of sp³-hybridized carbons (Fsp3) is 0.500. The second kappa shape index (κ2) is 5.55. The Bertz CT molecular complexity index is 388. The minimum Gasteiger partial charge on any atom is -0.368 e. The number of nitriles is 1. The number of hydrogen-bond acceptors (Lipinski definition) is 2. The van der Waals surface area contributed by atoms with Gasteiger partial charge in [-0.15, -0.1) is 0 Å². The molecular weight excluding hydrogens is 196 g/mol. The zero-order valence-corrected chi connectivity index (χ0v) is 10.6. The van der Waals surface area contributed by atoms with E-state index < -0.39 is 0 Å². The summed E-state index contributed by atoms with van der Waals surface area (Å²) in [4.78, 5) is 2.31. The van der Waals surface area contributed by atoms with Gasteiger partial charge in [0.1, 0.15) is 6.07 Å². The monoisotopic (exact) mass is 216 g/mol. The first-order chi connectivity index (χ1) is 7.61. The lowest BCUT2D eigenvalue weighted by molar-refractivity contribution is 0.668. The van der Waals surface area contributed by atoms with Crippen LogP contribution in [0.1, 0.15) is 38.3 Å². The van der Waals surface area contributed by atoms with Crippen molar-refractivity contribution in [3.63, 3.8) is 0 Å². The molecule has 0 atom stereocenters. The first-order valence-corrected chi connectivity index (χ1v) is 5.88. The normalized spacial score (nSPS) is 10.2. The third-order valence-electron chi connectivity index (χ3n) is 2.73. The average Bonchev–Trinajstić information content (AvgIpc) is 2.26. The number of nitrogens with zero attached hydrogens (tertiary/aromatic N) is 2. The molecule has 0 aliphatic heterocycles. The summed E-state index contributed by atoms with van der Waals surface area (Å²) in [6.45, 7) is 9.57. The first kappa shape index (κ1) is 12.6. The van der Waals surface area contributed by atoms with E-state index in [-0.39, 0.29) is 0 Å². The van der Waals surface area contributed by atoms with Gasteiger partial charge >= 0.3 is 0 Å². The predicted molar refractivity (Wildman–Crippen MR) is 68.7 cm³/mol. The van der Waals surface area contributed by atoms with E-state index in [4.69, 9.17) is 5.26 Å². The number of aryl methyl sites for hydroxylation is 1. The Morgan fingerprint density at radius 2 is 2.06 bits per heavy atom. The van der Waals surface area contributed by atoms with E-state index in [1.165, 1.54) is 5.56 Å². The molecule has 0 spiro atoms. The minimum absolute atomic E-state index is 0.424. The van der Waals surface area contributed by atoms with E-state index in [1.54, 1.807) is 0 Å². The Morgan fingerprint density at radius 3 is 2.56 bits per heavy atom. The van der Waals surface area contributed by atoms with Gasteiger partial charge in [0.25, 0.3) is 0 Å². The molecule has 0 saturated carbocycles. The van der Waals surface area contributed by atoms with Crippen LogP contribution in [0.4, 0.5) is 5.69 Å². The van der Waals surface area contributed by atoms with E-state index in [0.29, 0.717) is 6.04 Å². The number of para-hydroxylation sites is 1. The molecule has 0 aromatic heterocycles. The molecule has 0 radical (unpaired) electrons. The molecule has 0 fully saturated rings. The number of anilines is 1. The number of rotatable bonds is 4. The molecule has 0 saturated heterocycles. The van der Waals surface area contributed by atoms with Crippen LogP contribution in [-0.2, 0) is 0 Å². The highest BCUT2D eigenvalue weighted by molar-refractivity contribution is 5.64. The Balaban J connectivity index is 3.23. The molecule has 2 heteroatoms. The summed E-state index contributed by atoms with van der Waals surface area (Å²) in [6.07, 6.45) is 1.09. The largest absolute Gasteiger partial charge is 0.368 e. The molecule has 1 aromatic rings. The van der Waals surface area contributed by atoms with Crippen molar-refractivity contribution in [1.82, 2.24) is 0 Å². The van der Waals surface area contributed by atoms with Gasteiger partial charge in [-0.05, 0) is 38.8 Å². The lowest BCUT2D eigenvalue weighted by Gasteiger charge is -2.30. The molecule has 0 aliphatic carbocycles. The highest BCUT2D eigenvalue weighted by Crippen LogP contribution is 2.26. The quantitative estimate of drug-likeness (QED) is 0.770. The van der Waals surface area contributed by atoms with Crippen molar-refractivity contribution in [3.8, 4) is 6.07 Å². The highest BCUT2D eigenvalue weighted by atomic mass is 15.2. The smallest absolute Gasteiger partial charge is 0.101 e. The summed E-state index contributed by atoms with van der Waals surface area (Å²) in [5.41, 5.74) is 3.06. The molecule has 0 heterocycles. The van der Waals surface area contributed by atoms with Crippen molar-refractivity contribution in [2.45, 2.75) is 40.2 Å². The van der Waals surface area contributed by atoms with E-state index in [9.17, 15) is 0 Å². The lowest BCUT2D eigenvalue weighted by Crippen LogP contribution is -2.32. The van der Waals surface area contributed by atoms with Gasteiger partial charge in [-0.3, -0.25) is 0 Å². The van der Waals surface area contributed by atoms with Crippen LogP contribution in [0, 0.1) is 18.3 Å². The predicted octanol–water partition coefficient (Wildman–Crippen LogP) is 3.49. The standard InChI is InChI=1S/C14H20N2/c1-5-9-16(11(2)3)14-12(4)7-6-8-13(14)10-15/h6-8,11H,5,9H2,1-4H3. The van der Waals surface area contributed by atoms with Crippen molar-refractivity contribution in [2.24, 2.45) is 0 Å². The molecule has 0 unspecified atom stereocenters. The summed E-state index contributed by atoms with van der Waals surface area (Å²) in [7, 11) is 0. The van der Waals surface area contributed by atoms with Crippen LogP contribution in [0.15, 0.2) is 18.2 Å². The minimum atomic E-state index is 0.424.